The number of hydrogen-bond acceptors (Lipinski definition) is 3. The third kappa shape index (κ3) is 6.78. The number of ketones is 1. The summed E-state index contributed by atoms with van der Waals surface area (Å²) in [4.78, 5) is 12.8. The number of rotatable bonds is 10. The molecule has 3 nitrogen and oxygen atoms in total. The van der Waals surface area contributed by atoms with Crippen molar-refractivity contribution in [1.82, 2.24) is 0 Å². The van der Waals surface area contributed by atoms with Crippen LogP contribution in [0.4, 0.5) is 0 Å². The van der Waals surface area contributed by atoms with Crippen LogP contribution in [0, 0.1) is 24.7 Å². The number of unbranched alkanes of at least 4 members (excludes halogenated alkanes) is 2. The van der Waals surface area contributed by atoms with E-state index >= 15 is 0 Å². The highest BCUT2D eigenvalue weighted by Gasteiger charge is 2.38. The van der Waals surface area contributed by atoms with Gasteiger partial charge in [-0.1, -0.05) is 75.1 Å². The number of carbonyl (C=O) groups excluding carboxylic acids is 1. The Morgan fingerprint density at radius 3 is 2.87 bits per heavy atom. The minimum absolute atomic E-state index is 0.0687. The van der Waals surface area contributed by atoms with Crippen LogP contribution in [0.15, 0.2) is 36.4 Å². The first-order valence-electron chi connectivity index (χ1n) is 12.1. The van der Waals surface area contributed by atoms with E-state index in [1.807, 2.05) is 0 Å². The highest BCUT2D eigenvalue weighted by atomic mass is 16.7. The number of hydrogen-bond donors (Lipinski definition) is 0. The fraction of sp³-hybridized carbons (Fsp3) is 0.667. The number of benzene rings is 1. The van der Waals surface area contributed by atoms with Crippen molar-refractivity contribution in [2.45, 2.75) is 91.0 Å². The molecule has 1 saturated heterocycles. The Hall–Kier alpha value is -1.45. The second kappa shape index (κ2) is 11.8. The van der Waals surface area contributed by atoms with Crippen LogP contribution in [0.1, 0.15) is 76.3 Å². The third-order valence-electron chi connectivity index (χ3n) is 6.70. The highest BCUT2D eigenvalue weighted by molar-refractivity contribution is 5.84. The summed E-state index contributed by atoms with van der Waals surface area (Å²) >= 11 is 0. The molecule has 0 amide bonds. The number of allylic oxidation sites excluding steroid dienone is 1. The molecule has 0 radical (unpaired) electrons. The van der Waals surface area contributed by atoms with Gasteiger partial charge in [-0.05, 0) is 56.4 Å². The molecule has 0 spiro atoms. The lowest BCUT2D eigenvalue weighted by molar-refractivity contribution is -0.179. The number of aryl methyl sites for hydroxylation is 1. The third-order valence-corrected chi connectivity index (χ3v) is 6.70. The van der Waals surface area contributed by atoms with E-state index in [4.69, 9.17) is 9.47 Å². The second-order valence-electron chi connectivity index (χ2n) is 9.38. The molecule has 0 bridgehead atoms. The van der Waals surface area contributed by atoms with Gasteiger partial charge in [0.05, 0.1) is 6.10 Å². The SMILES string of the molecule is CCCCC[C@@H](/C=C/[C@H]1[C@H](C)CC(=O)[C@@H]1Cc1cccc(C)c1)OC1CCCCO1. The number of Topliss-reactive ketones (excluding diaryl/α,β-unsaturated/α-hetero) is 1. The smallest absolute Gasteiger partial charge is 0.158 e. The fourth-order valence-electron chi connectivity index (χ4n) is 4.95. The maximum atomic E-state index is 12.8. The quantitative estimate of drug-likeness (QED) is 0.328. The first-order valence-corrected chi connectivity index (χ1v) is 12.1. The monoisotopic (exact) mass is 412 g/mol. The molecule has 1 saturated carbocycles. The van der Waals surface area contributed by atoms with Crippen LogP contribution in [0.25, 0.3) is 0 Å². The lowest BCUT2D eigenvalue weighted by atomic mass is 9.85. The van der Waals surface area contributed by atoms with E-state index in [9.17, 15) is 4.79 Å². The van der Waals surface area contributed by atoms with E-state index in [1.54, 1.807) is 0 Å². The molecule has 5 atom stereocenters. The molecule has 1 heterocycles. The van der Waals surface area contributed by atoms with Crippen molar-refractivity contribution in [2.75, 3.05) is 6.61 Å². The van der Waals surface area contributed by atoms with E-state index in [0.29, 0.717) is 24.0 Å². The molecule has 0 aromatic heterocycles. The normalized spacial score (nSPS) is 28.3. The molecule has 1 aromatic carbocycles. The average molecular weight is 413 g/mol. The second-order valence-corrected chi connectivity index (χ2v) is 9.38. The fourth-order valence-corrected chi connectivity index (χ4v) is 4.95. The molecule has 1 aliphatic carbocycles. The van der Waals surface area contributed by atoms with E-state index in [0.717, 1.165) is 32.3 Å². The average Bonchev–Trinajstić information content (AvgIpc) is 2.99. The van der Waals surface area contributed by atoms with Gasteiger partial charge < -0.3 is 9.47 Å². The maximum Gasteiger partial charge on any atom is 0.158 e. The zero-order valence-electron chi connectivity index (χ0n) is 19.1. The summed E-state index contributed by atoms with van der Waals surface area (Å²) in [5.74, 6) is 1.19. The first kappa shape index (κ1) is 23.2. The molecular formula is C27H40O3. The van der Waals surface area contributed by atoms with Gasteiger partial charge in [-0.2, -0.15) is 0 Å². The van der Waals surface area contributed by atoms with Crippen LogP contribution in [0.5, 0.6) is 0 Å². The van der Waals surface area contributed by atoms with Gasteiger partial charge in [0.2, 0.25) is 0 Å². The Morgan fingerprint density at radius 2 is 2.13 bits per heavy atom. The molecule has 3 rings (SSSR count). The lowest BCUT2D eigenvalue weighted by Gasteiger charge is -2.27. The van der Waals surface area contributed by atoms with Gasteiger partial charge in [-0.15, -0.1) is 0 Å². The van der Waals surface area contributed by atoms with E-state index < -0.39 is 0 Å². The highest BCUT2D eigenvalue weighted by Crippen LogP contribution is 2.37. The van der Waals surface area contributed by atoms with Crippen molar-refractivity contribution >= 4 is 5.78 Å². The van der Waals surface area contributed by atoms with Crippen molar-refractivity contribution in [3.63, 3.8) is 0 Å². The van der Waals surface area contributed by atoms with E-state index in [-0.39, 0.29) is 18.3 Å². The molecule has 30 heavy (non-hydrogen) atoms. The molecule has 1 aliphatic heterocycles. The van der Waals surface area contributed by atoms with Gasteiger partial charge in [0.15, 0.2) is 6.29 Å². The van der Waals surface area contributed by atoms with Crippen LogP contribution < -0.4 is 0 Å². The zero-order chi connectivity index (χ0) is 21.3. The maximum absolute atomic E-state index is 12.8. The largest absolute Gasteiger partial charge is 0.353 e. The zero-order valence-corrected chi connectivity index (χ0v) is 19.1. The number of carbonyl (C=O) groups is 1. The summed E-state index contributed by atoms with van der Waals surface area (Å²) in [6, 6.07) is 8.58. The molecule has 1 unspecified atom stereocenters. The summed E-state index contributed by atoms with van der Waals surface area (Å²) in [6.07, 6.45) is 14.1. The van der Waals surface area contributed by atoms with Gasteiger partial charge in [0, 0.05) is 18.9 Å². The summed E-state index contributed by atoms with van der Waals surface area (Å²) in [5, 5.41) is 0. The van der Waals surface area contributed by atoms with Crippen molar-refractivity contribution in [2.24, 2.45) is 17.8 Å². The summed E-state index contributed by atoms with van der Waals surface area (Å²) in [6.45, 7) is 7.38. The van der Waals surface area contributed by atoms with Crippen LogP contribution in [0.3, 0.4) is 0 Å². The first-order chi connectivity index (χ1) is 14.6. The van der Waals surface area contributed by atoms with Crippen LogP contribution >= 0.6 is 0 Å². The Morgan fingerprint density at radius 1 is 1.27 bits per heavy atom. The van der Waals surface area contributed by atoms with Crippen molar-refractivity contribution in [3.05, 3.63) is 47.5 Å². The molecule has 2 fully saturated rings. The van der Waals surface area contributed by atoms with Gasteiger partial charge >= 0.3 is 0 Å². The summed E-state index contributed by atoms with van der Waals surface area (Å²) < 4.78 is 12.2. The Bertz CT molecular complexity index is 689. The molecule has 0 N–H and O–H groups in total. The van der Waals surface area contributed by atoms with E-state index in [1.165, 1.54) is 36.8 Å². The molecule has 166 valence electrons. The van der Waals surface area contributed by atoms with Gasteiger partial charge in [0.25, 0.3) is 0 Å². The van der Waals surface area contributed by atoms with E-state index in [2.05, 4.69) is 57.2 Å². The van der Waals surface area contributed by atoms with Gasteiger partial charge in [-0.25, -0.2) is 0 Å². The van der Waals surface area contributed by atoms with Gasteiger partial charge in [0.1, 0.15) is 5.78 Å². The predicted molar refractivity (Wildman–Crippen MR) is 122 cm³/mol. The summed E-state index contributed by atoms with van der Waals surface area (Å²) in [5.41, 5.74) is 2.53. The van der Waals surface area contributed by atoms with Crippen LogP contribution in [-0.2, 0) is 20.7 Å². The van der Waals surface area contributed by atoms with Crippen LogP contribution in [0.2, 0.25) is 0 Å². The minimum Gasteiger partial charge on any atom is -0.353 e. The molecule has 3 heteroatoms. The van der Waals surface area contributed by atoms with Gasteiger partial charge in [-0.3, -0.25) is 4.79 Å². The molecule has 1 aromatic rings. The summed E-state index contributed by atoms with van der Waals surface area (Å²) in [7, 11) is 0. The van der Waals surface area contributed by atoms with Crippen LogP contribution in [-0.4, -0.2) is 24.8 Å². The standard InChI is InChI=1S/C27H40O3/c1-4-5-6-12-23(30-27-13-7-8-16-29-27)14-15-24-21(3)18-26(28)25(24)19-22-11-9-10-20(2)17-22/h9-11,14-15,17,21,23-25,27H,4-8,12-13,16,18-19H2,1-3H3/b15-14+/t21-,23+,24+,25-,27?/m1/s1. The predicted octanol–water partition coefficient (Wildman–Crippen LogP) is 6.43. The minimum atomic E-state index is -0.0687. The lowest BCUT2D eigenvalue weighted by Crippen LogP contribution is -2.27. The Kier molecular flexibility index (Phi) is 9.14. The molecule has 2 aliphatic rings. The Labute approximate surface area is 183 Å². The molecular weight excluding hydrogens is 372 g/mol. The van der Waals surface area contributed by atoms with Crippen molar-refractivity contribution in [1.29, 1.82) is 0 Å². The number of ether oxygens (including phenoxy) is 2. The van der Waals surface area contributed by atoms with Crippen molar-refractivity contribution < 1.29 is 14.3 Å². The Balaban J connectivity index is 1.67. The van der Waals surface area contributed by atoms with Crippen molar-refractivity contribution in [3.8, 4) is 0 Å². The topological polar surface area (TPSA) is 35.5 Å².